The monoisotopic (exact) mass is 244 g/mol. The van der Waals surface area contributed by atoms with Crippen LogP contribution >= 0.6 is 11.8 Å². The van der Waals surface area contributed by atoms with Crippen molar-refractivity contribution in [2.45, 2.75) is 39.2 Å². The highest BCUT2D eigenvalue weighted by atomic mass is 32.2. The van der Waals surface area contributed by atoms with Crippen LogP contribution in [0.1, 0.15) is 33.1 Å². The number of hydrogen-bond acceptors (Lipinski definition) is 3. The maximum atomic E-state index is 11.7. The van der Waals surface area contributed by atoms with Crippen molar-refractivity contribution >= 4 is 17.7 Å². The van der Waals surface area contributed by atoms with Gasteiger partial charge in [0.15, 0.2) is 0 Å². The number of nitrogens with one attached hydrogen (secondary N) is 2. The first-order valence-corrected chi connectivity index (χ1v) is 7.44. The maximum absolute atomic E-state index is 11.7. The SMILES string of the molecule is CC(C)CCCCNC(=O)C1CSCCN1. The van der Waals surface area contributed by atoms with E-state index in [-0.39, 0.29) is 11.9 Å². The minimum atomic E-state index is 0.0313. The highest BCUT2D eigenvalue weighted by Crippen LogP contribution is 2.08. The van der Waals surface area contributed by atoms with Gasteiger partial charge in [-0.3, -0.25) is 4.79 Å². The molecule has 0 radical (unpaired) electrons. The van der Waals surface area contributed by atoms with Crippen LogP contribution in [-0.4, -0.2) is 36.5 Å². The molecule has 1 fully saturated rings. The van der Waals surface area contributed by atoms with E-state index >= 15 is 0 Å². The van der Waals surface area contributed by atoms with Crippen molar-refractivity contribution in [2.75, 3.05) is 24.6 Å². The van der Waals surface area contributed by atoms with Crippen LogP contribution in [0.4, 0.5) is 0 Å². The molecular formula is C12H24N2OS. The fourth-order valence-electron chi connectivity index (χ4n) is 1.75. The Hall–Kier alpha value is -0.220. The first-order chi connectivity index (χ1) is 7.70. The fraction of sp³-hybridized carbons (Fsp3) is 0.917. The number of carbonyl (C=O) groups excluding carboxylic acids is 1. The second-order valence-corrected chi connectivity index (χ2v) is 5.91. The molecule has 0 aliphatic carbocycles. The summed E-state index contributed by atoms with van der Waals surface area (Å²) in [7, 11) is 0. The molecular weight excluding hydrogens is 220 g/mol. The highest BCUT2D eigenvalue weighted by molar-refractivity contribution is 7.99. The molecule has 0 aromatic rings. The molecule has 0 saturated carbocycles. The Labute approximate surface area is 103 Å². The quantitative estimate of drug-likeness (QED) is 0.698. The number of unbranched alkanes of at least 4 members (excludes halogenated alkanes) is 1. The molecule has 1 heterocycles. The summed E-state index contributed by atoms with van der Waals surface area (Å²) in [5, 5.41) is 6.26. The largest absolute Gasteiger partial charge is 0.355 e. The number of carbonyl (C=O) groups is 1. The van der Waals surface area contributed by atoms with Gasteiger partial charge in [-0.2, -0.15) is 11.8 Å². The summed E-state index contributed by atoms with van der Waals surface area (Å²) < 4.78 is 0. The van der Waals surface area contributed by atoms with Crippen molar-refractivity contribution in [1.29, 1.82) is 0 Å². The van der Waals surface area contributed by atoms with Crippen molar-refractivity contribution in [3.05, 3.63) is 0 Å². The molecule has 1 saturated heterocycles. The minimum Gasteiger partial charge on any atom is -0.355 e. The molecule has 3 nitrogen and oxygen atoms in total. The van der Waals surface area contributed by atoms with E-state index < -0.39 is 0 Å². The molecule has 2 N–H and O–H groups in total. The Bertz CT molecular complexity index is 203. The number of rotatable bonds is 6. The van der Waals surface area contributed by atoms with Gasteiger partial charge in [0, 0.05) is 24.6 Å². The Balaban J connectivity index is 2.01. The van der Waals surface area contributed by atoms with E-state index in [1.165, 1.54) is 12.8 Å². The van der Waals surface area contributed by atoms with E-state index in [1.807, 2.05) is 11.8 Å². The molecule has 1 unspecified atom stereocenters. The summed E-state index contributed by atoms with van der Waals surface area (Å²) in [6, 6.07) is 0.0313. The molecule has 0 spiro atoms. The molecule has 1 atom stereocenters. The summed E-state index contributed by atoms with van der Waals surface area (Å²) in [4.78, 5) is 11.7. The summed E-state index contributed by atoms with van der Waals surface area (Å²) in [5.74, 6) is 2.99. The summed E-state index contributed by atoms with van der Waals surface area (Å²) in [6.07, 6.45) is 3.57. The zero-order valence-electron chi connectivity index (χ0n) is 10.4. The van der Waals surface area contributed by atoms with Gasteiger partial charge < -0.3 is 10.6 Å². The molecule has 1 amide bonds. The van der Waals surface area contributed by atoms with Crippen LogP contribution in [-0.2, 0) is 4.79 Å². The third-order valence-electron chi connectivity index (χ3n) is 2.75. The summed E-state index contributed by atoms with van der Waals surface area (Å²) in [5.41, 5.74) is 0. The smallest absolute Gasteiger partial charge is 0.237 e. The number of amides is 1. The lowest BCUT2D eigenvalue weighted by atomic mass is 10.1. The molecule has 1 aliphatic heterocycles. The van der Waals surface area contributed by atoms with Gasteiger partial charge in [0.05, 0.1) is 6.04 Å². The van der Waals surface area contributed by atoms with Gasteiger partial charge >= 0.3 is 0 Å². The van der Waals surface area contributed by atoms with Crippen LogP contribution in [0.2, 0.25) is 0 Å². The average Bonchev–Trinajstić information content (AvgIpc) is 2.29. The predicted molar refractivity (Wildman–Crippen MR) is 70.8 cm³/mol. The first kappa shape index (κ1) is 13.8. The fourth-order valence-corrected chi connectivity index (χ4v) is 2.68. The Morgan fingerprint density at radius 3 is 2.94 bits per heavy atom. The minimum absolute atomic E-state index is 0.0313. The molecule has 1 rings (SSSR count). The van der Waals surface area contributed by atoms with Crippen molar-refractivity contribution in [1.82, 2.24) is 10.6 Å². The molecule has 16 heavy (non-hydrogen) atoms. The van der Waals surface area contributed by atoms with E-state index in [2.05, 4.69) is 24.5 Å². The Kier molecular flexibility index (Phi) is 6.88. The van der Waals surface area contributed by atoms with Crippen LogP contribution in [0.5, 0.6) is 0 Å². The molecule has 1 aliphatic rings. The van der Waals surface area contributed by atoms with Crippen molar-refractivity contribution in [3.8, 4) is 0 Å². The maximum Gasteiger partial charge on any atom is 0.237 e. The summed E-state index contributed by atoms with van der Waals surface area (Å²) >= 11 is 1.86. The lowest BCUT2D eigenvalue weighted by Gasteiger charge is -2.22. The van der Waals surface area contributed by atoms with Gasteiger partial charge in [-0.15, -0.1) is 0 Å². The third-order valence-corrected chi connectivity index (χ3v) is 3.81. The lowest BCUT2D eigenvalue weighted by Crippen LogP contribution is -2.49. The van der Waals surface area contributed by atoms with Crippen molar-refractivity contribution in [3.63, 3.8) is 0 Å². The van der Waals surface area contributed by atoms with Gasteiger partial charge in [0.25, 0.3) is 0 Å². The predicted octanol–water partition coefficient (Wildman–Crippen LogP) is 1.63. The Morgan fingerprint density at radius 1 is 1.50 bits per heavy atom. The van der Waals surface area contributed by atoms with E-state index in [9.17, 15) is 4.79 Å². The van der Waals surface area contributed by atoms with Crippen LogP contribution in [0.15, 0.2) is 0 Å². The normalized spacial score (nSPS) is 21.1. The molecule has 0 aromatic heterocycles. The molecule has 0 aromatic carbocycles. The van der Waals surface area contributed by atoms with Gasteiger partial charge in [0.2, 0.25) is 5.91 Å². The van der Waals surface area contributed by atoms with E-state index in [1.54, 1.807) is 0 Å². The van der Waals surface area contributed by atoms with Gasteiger partial charge in [-0.25, -0.2) is 0 Å². The van der Waals surface area contributed by atoms with Crippen molar-refractivity contribution < 1.29 is 4.79 Å². The Morgan fingerprint density at radius 2 is 2.31 bits per heavy atom. The van der Waals surface area contributed by atoms with Crippen LogP contribution < -0.4 is 10.6 Å². The van der Waals surface area contributed by atoms with Gasteiger partial charge in [-0.1, -0.05) is 26.7 Å². The van der Waals surface area contributed by atoms with Gasteiger partial charge in [0.1, 0.15) is 0 Å². The zero-order valence-corrected chi connectivity index (χ0v) is 11.2. The first-order valence-electron chi connectivity index (χ1n) is 6.29. The third kappa shape index (κ3) is 5.75. The zero-order chi connectivity index (χ0) is 11.8. The lowest BCUT2D eigenvalue weighted by molar-refractivity contribution is -0.122. The van der Waals surface area contributed by atoms with Crippen LogP contribution in [0, 0.1) is 5.92 Å². The molecule has 94 valence electrons. The second-order valence-electron chi connectivity index (χ2n) is 4.76. The summed E-state index contributed by atoms with van der Waals surface area (Å²) in [6.45, 7) is 6.26. The van der Waals surface area contributed by atoms with Crippen LogP contribution in [0.25, 0.3) is 0 Å². The molecule has 4 heteroatoms. The topological polar surface area (TPSA) is 41.1 Å². The standard InChI is InChI=1S/C12H24N2OS/c1-10(2)5-3-4-6-14-12(15)11-9-16-8-7-13-11/h10-11,13H,3-9H2,1-2H3,(H,14,15). The van der Waals surface area contributed by atoms with E-state index in [4.69, 9.17) is 0 Å². The van der Waals surface area contributed by atoms with Crippen molar-refractivity contribution in [2.24, 2.45) is 5.92 Å². The number of thioether (sulfide) groups is 1. The van der Waals surface area contributed by atoms with Gasteiger partial charge in [-0.05, 0) is 12.3 Å². The number of hydrogen-bond donors (Lipinski definition) is 2. The second kappa shape index (κ2) is 7.96. The average molecular weight is 244 g/mol. The van der Waals surface area contributed by atoms with E-state index in [0.29, 0.717) is 0 Å². The highest BCUT2D eigenvalue weighted by Gasteiger charge is 2.19. The molecule has 0 bridgehead atoms. The van der Waals surface area contributed by atoms with E-state index in [0.717, 1.165) is 36.9 Å². The van der Waals surface area contributed by atoms with Crippen LogP contribution in [0.3, 0.4) is 0 Å².